The fraction of sp³-hybridized carbons (Fsp3) is 0.583. The van der Waals surface area contributed by atoms with Gasteiger partial charge in [-0.1, -0.05) is 6.92 Å². The number of nitro groups is 1. The molecule has 9 heteroatoms. The van der Waals surface area contributed by atoms with Crippen LogP contribution < -0.4 is 10.6 Å². The van der Waals surface area contributed by atoms with Crippen LogP contribution in [-0.4, -0.2) is 52.4 Å². The Kier molecular flexibility index (Phi) is 6.31. The maximum Gasteiger partial charge on any atom is 0.353 e. The molecule has 0 atom stereocenters. The second kappa shape index (κ2) is 7.98. The van der Waals surface area contributed by atoms with Gasteiger partial charge in [0.2, 0.25) is 17.5 Å². The Morgan fingerprint density at radius 2 is 1.95 bits per heavy atom. The molecule has 9 nitrogen and oxygen atoms in total. The molecule has 0 aromatic carbocycles. The molecule has 0 saturated heterocycles. The van der Waals surface area contributed by atoms with Gasteiger partial charge in [0.25, 0.3) is 0 Å². The smallest absolute Gasteiger partial charge is 0.353 e. The number of anilines is 2. The third-order valence-corrected chi connectivity index (χ3v) is 2.85. The van der Waals surface area contributed by atoms with Crippen molar-refractivity contribution in [3.05, 3.63) is 16.4 Å². The van der Waals surface area contributed by atoms with Crippen LogP contribution in [0.15, 0.2) is 6.33 Å². The van der Waals surface area contributed by atoms with Crippen LogP contribution in [0, 0.1) is 10.1 Å². The summed E-state index contributed by atoms with van der Waals surface area (Å²) in [6.07, 6.45) is 2.03. The Bertz CT molecular complexity index is 508. The molecule has 1 aromatic rings. The molecule has 1 heterocycles. The molecule has 116 valence electrons. The van der Waals surface area contributed by atoms with Crippen molar-refractivity contribution < 1.29 is 9.72 Å². The molecule has 0 radical (unpaired) electrons. The Morgan fingerprint density at radius 1 is 1.33 bits per heavy atom. The summed E-state index contributed by atoms with van der Waals surface area (Å²) in [6.45, 7) is 4.86. The average Bonchev–Trinajstić information content (AvgIpc) is 2.49. The van der Waals surface area contributed by atoms with E-state index in [-0.39, 0.29) is 29.8 Å². The van der Waals surface area contributed by atoms with Crippen molar-refractivity contribution in [2.24, 2.45) is 0 Å². The zero-order valence-corrected chi connectivity index (χ0v) is 12.4. The predicted octanol–water partition coefficient (Wildman–Crippen LogP) is 1.10. The third-order valence-electron chi connectivity index (χ3n) is 2.85. The van der Waals surface area contributed by atoms with Crippen molar-refractivity contribution in [2.75, 3.05) is 37.3 Å². The molecule has 0 aliphatic carbocycles. The highest BCUT2D eigenvalue weighted by Gasteiger charge is 2.23. The molecule has 1 amide bonds. The van der Waals surface area contributed by atoms with Crippen molar-refractivity contribution in [1.29, 1.82) is 0 Å². The number of nitrogens with zero attached hydrogens (tertiary/aromatic N) is 4. The summed E-state index contributed by atoms with van der Waals surface area (Å²) in [5, 5.41) is 16.8. The highest BCUT2D eigenvalue weighted by molar-refractivity contribution is 5.82. The van der Waals surface area contributed by atoms with Gasteiger partial charge in [-0.15, -0.1) is 0 Å². The van der Waals surface area contributed by atoms with E-state index in [1.807, 2.05) is 13.8 Å². The minimum absolute atomic E-state index is 0.0338. The lowest BCUT2D eigenvalue weighted by Crippen LogP contribution is -2.32. The predicted molar refractivity (Wildman–Crippen MR) is 79.3 cm³/mol. The molecule has 1 rings (SSSR count). The average molecular weight is 296 g/mol. The first kappa shape index (κ1) is 16.6. The Balaban J connectivity index is 2.91. The van der Waals surface area contributed by atoms with E-state index >= 15 is 0 Å². The molecule has 0 saturated carbocycles. The molecule has 0 aliphatic rings. The van der Waals surface area contributed by atoms with Crippen LogP contribution in [0.1, 0.15) is 20.3 Å². The zero-order valence-electron chi connectivity index (χ0n) is 12.4. The molecule has 0 aliphatic heterocycles. The van der Waals surface area contributed by atoms with Gasteiger partial charge >= 0.3 is 5.69 Å². The lowest BCUT2D eigenvalue weighted by Gasteiger charge is -2.15. The fourth-order valence-corrected chi connectivity index (χ4v) is 1.52. The lowest BCUT2D eigenvalue weighted by atomic mass is 10.4. The molecule has 1 aromatic heterocycles. The number of amides is 1. The molecular weight excluding hydrogens is 276 g/mol. The van der Waals surface area contributed by atoms with Crippen LogP contribution in [0.4, 0.5) is 17.3 Å². The first-order valence-corrected chi connectivity index (χ1v) is 6.72. The van der Waals surface area contributed by atoms with E-state index in [0.29, 0.717) is 13.1 Å². The van der Waals surface area contributed by atoms with E-state index in [4.69, 9.17) is 0 Å². The first-order chi connectivity index (χ1) is 10.0. The van der Waals surface area contributed by atoms with Crippen LogP contribution >= 0.6 is 0 Å². The second-order valence-electron chi connectivity index (χ2n) is 4.36. The SMILES string of the molecule is CCCNc1ncnc(NCC(=O)N(C)CC)c1[N+](=O)[O-]. The van der Waals surface area contributed by atoms with E-state index in [0.717, 1.165) is 6.42 Å². The van der Waals surface area contributed by atoms with Gasteiger partial charge in [0.05, 0.1) is 11.5 Å². The lowest BCUT2D eigenvalue weighted by molar-refractivity contribution is -0.383. The van der Waals surface area contributed by atoms with E-state index < -0.39 is 4.92 Å². The monoisotopic (exact) mass is 296 g/mol. The molecule has 0 unspecified atom stereocenters. The number of carbonyl (C=O) groups excluding carboxylic acids is 1. The topological polar surface area (TPSA) is 113 Å². The number of carbonyl (C=O) groups is 1. The van der Waals surface area contributed by atoms with E-state index in [2.05, 4.69) is 20.6 Å². The van der Waals surface area contributed by atoms with E-state index in [1.54, 1.807) is 7.05 Å². The second-order valence-corrected chi connectivity index (χ2v) is 4.36. The van der Waals surface area contributed by atoms with Gasteiger partial charge in [0, 0.05) is 20.1 Å². The highest BCUT2D eigenvalue weighted by atomic mass is 16.6. The fourth-order valence-electron chi connectivity index (χ4n) is 1.52. The summed E-state index contributed by atoms with van der Waals surface area (Å²) < 4.78 is 0. The summed E-state index contributed by atoms with van der Waals surface area (Å²) in [4.78, 5) is 31.6. The number of hydrogen-bond donors (Lipinski definition) is 2. The van der Waals surface area contributed by atoms with Gasteiger partial charge in [0.15, 0.2) is 0 Å². The van der Waals surface area contributed by atoms with Gasteiger partial charge < -0.3 is 15.5 Å². The molecule has 0 spiro atoms. The van der Waals surface area contributed by atoms with Gasteiger partial charge in [0.1, 0.15) is 6.33 Å². The van der Waals surface area contributed by atoms with Crippen molar-refractivity contribution in [3.8, 4) is 0 Å². The minimum atomic E-state index is -0.561. The molecule has 0 fully saturated rings. The summed E-state index contributed by atoms with van der Waals surface area (Å²) >= 11 is 0. The van der Waals surface area contributed by atoms with Crippen molar-refractivity contribution in [1.82, 2.24) is 14.9 Å². The largest absolute Gasteiger partial charge is 0.364 e. The van der Waals surface area contributed by atoms with Crippen molar-refractivity contribution in [3.63, 3.8) is 0 Å². The van der Waals surface area contributed by atoms with Crippen LogP contribution in [0.5, 0.6) is 0 Å². The number of aromatic nitrogens is 2. The quantitative estimate of drug-likeness (QED) is 0.545. The maximum atomic E-state index is 11.7. The van der Waals surface area contributed by atoms with Crippen LogP contribution in [-0.2, 0) is 4.79 Å². The Labute approximate surface area is 122 Å². The Hall–Kier alpha value is -2.45. The maximum absolute atomic E-state index is 11.7. The summed E-state index contributed by atoms with van der Waals surface area (Å²) in [7, 11) is 1.66. The standard InChI is InChI=1S/C12H20N6O3/c1-4-6-13-11-10(18(20)21)12(16-8-15-11)14-7-9(19)17(3)5-2/h8H,4-7H2,1-3H3,(H2,13,14,15,16). The number of nitrogens with one attached hydrogen (secondary N) is 2. The molecule has 0 bridgehead atoms. The van der Waals surface area contributed by atoms with Crippen LogP contribution in [0.25, 0.3) is 0 Å². The number of likely N-dealkylation sites (N-methyl/N-ethyl adjacent to an activating group) is 1. The molecular formula is C12H20N6O3. The highest BCUT2D eigenvalue weighted by Crippen LogP contribution is 2.28. The zero-order chi connectivity index (χ0) is 15.8. The van der Waals surface area contributed by atoms with Crippen LogP contribution in [0.2, 0.25) is 0 Å². The Morgan fingerprint density at radius 3 is 2.48 bits per heavy atom. The summed E-state index contributed by atoms with van der Waals surface area (Å²) in [6, 6.07) is 0. The minimum Gasteiger partial charge on any atom is -0.364 e. The van der Waals surface area contributed by atoms with Crippen molar-refractivity contribution >= 4 is 23.2 Å². The molecule has 21 heavy (non-hydrogen) atoms. The van der Waals surface area contributed by atoms with E-state index in [1.165, 1.54) is 11.2 Å². The molecule has 2 N–H and O–H groups in total. The normalized spacial score (nSPS) is 10.0. The van der Waals surface area contributed by atoms with E-state index in [9.17, 15) is 14.9 Å². The summed E-state index contributed by atoms with van der Waals surface area (Å²) in [5.41, 5.74) is -0.252. The van der Waals surface area contributed by atoms with Crippen LogP contribution in [0.3, 0.4) is 0 Å². The number of rotatable bonds is 8. The van der Waals surface area contributed by atoms with Gasteiger partial charge in [-0.2, -0.15) is 0 Å². The summed E-state index contributed by atoms with van der Waals surface area (Å²) in [5.74, 6) is 0.00980. The van der Waals surface area contributed by atoms with Gasteiger partial charge in [-0.3, -0.25) is 14.9 Å². The number of hydrogen-bond acceptors (Lipinski definition) is 7. The first-order valence-electron chi connectivity index (χ1n) is 6.72. The van der Waals surface area contributed by atoms with Crippen molar-refractivity contribution in [2.45, 2.75) is 20.3 Å². The van der Waals surface area contributed by atoms with Gasteiger partial charge in [-0.25, -0.2) is 9.97 Å². The third kappa shape index (κ3) is 4.55. The van der Waals surface area contributed by atoms with Gasteiger partial charge in [-0.05, 0) is 13.3 Å².